The van der Waals surface area contributed by atoms with Crippen molar-refractivity contribution < 1.29 is 17.3 Å². The van der Waals surface area contributed by atoms with Gasteiger partial charge in [0.05, 0.1) is 23.3 Å². The van der Waals surface area contributed by atoms with Crippen LogP contribution in [0, 0.1) is 0 Å². The number of furan rings is 2. The van der Waals surface area contributed by atoms with Gasteiger partial charge in [-0.25, -0.2) is 8.42 Å². The average Bonchev–Trinajstić information content (AvgIpc) is 2.91. The molecule has 0 saturated heterocycles. The van der Waals surface area contributed by atoms with E-state index in [9.17, 15) is 8.42 Å². The minimum Gasteiger partial charge on any atom is -0.464 e. The molecule has 0 unspecified atom stereocenters. The van der Waals surface area contributed by atoms with Crippen molar-refractivity contribution in [1.82, 2.24) is 0 Å². The quantitative estimate of drug-likeness (QED) is 0.674. The molecule has 0 spiro atoms. The van der Waals surface area contributed by atoms with Gasteiger partial charge in [-0.15, -0.1) is 0 Å². The van der Waals surface area contributed by atoms with E-state index >= 15 is 0 Å². The lowest BCUT2D eigenvalue weighted by molar-refractivity contribution is 0.602. The smallest absolute Gasteiger partial charge is 0.236 e. The zero-order valence-corrected chi connectivity index (χ0v) is 11.1. The molecule has 0 atom stereocenters. The predicted molar refractivity (Wildman–Crippen MR) is 69.5 cm³/mol. The molecule has 0 aliphatic heterocycles. The highest BCUT2D eigenvalue weighted by Crippen LogP contribution is 2.38. The number of rotatable bonds is 2. The monoisotopic (exact) mass is 304 g/mol. The summed E-state index contributed by atoms with van der Waals surface area (Å²) in [6.07, 6.45) is 2.89. The SMILES string of the molecule is O=S(=O)(Cl)Cc1c2ccoc2c(Cl)c2ccoc12. The Morgan fingerprint density at radius 1 is 1.06 bits per heavy atom. The molecule has 2 aromatic heterocycles. The summed E-state index contributed by atoms with van der Waals surface area (Å²) in [6.45, 7) is 0. The molecule has 94 valence electrons. The van der Waals surface area contributed by atoms with Gasteiger partial charge in [0.25, 0.3) is 0 Å². The first-order valence-corrected chi connectivity index (χ1v) is 7.80. The van der Waals surface area contributed by atoms with Gasteiger partial charge in [-0.3, -0.25) is 0 Å². The number of fused-ring (bicyclic) bond motifs is 2. The van der Waals surface area contributed by atoms with Crippen LogP contribution in [0.4, 0.5) is 0 Å². The van der Waals surface area contributed by atoms with Crippen LogP contribution in [0.3, 0.4) is 0 Å². The molecule has 0 amide bonds. The Bertz CT molecular complexity index is 793. The zero-order chi connectivity index (χ0) is 12.9. The third kappa shape index (κ3) is 1.79. The van der Waals surface area contributed by atoms with Crippen LogP contribution < -0.4 is 0 Å². The lowest BCUT2D eigenvalue weighted by atomic mass is 10.1. The Kier molecular flexibility index (Phi) is 2.59. The predicted octanol–water partition coefficient (Wildman–Crippen LogP) is 3.90. The number of hydrogen-bond donors (Lipinski definition) is 0. The molecule has 0 aliphatic carbocycles. The molecule has 18 heavy (non-hydrogen) atoms. The first-order valence-electron chi connectivity index (χ1n) is 4.94. The van der Waals surface area contributed by atoms with Crippen molar-refractivity contribution in [3.8, 4) is 0 Å². The Morgan fingerprint density at radius 2 is 1.67 bits per heavy atom. The highest BCUT2D eigenvalue weighted by atomic mass is 35.7. The van der Waals surface area contributed by atoms with Crippen LogP contribution in [0.2, 0.25) is 5.02 Å². The van der Waals surface area contributed by atoms with Crippen LogP contribution in [0.5, 0.6) is 0 Å². The fourth-order valence-corrected chi connectivity index (χ4v) is 3.25. The van der Waals surface area contributed by atoms with Crippen LogP contribution in [0.1, 0.15) is 5.56 Å². The van der Waals surface area contributed by atoms with Crippen LogP contribution >= 0.6 is 22.3 Å². The maximum atomic E-state index is 11.3. The Hall–Kier alpha value is -1.17. The minimum atomic E-state index is -3.70. The molecular formula is C11H6Cl2O4S. The van der Waals surface area contributed by atoms with Crippen LogP contribution in [-0.2, 0) is 14.8 Å². The number of benzene rings is 1. The Balaban J connectivity index is 2.47. The summed E-state index contributed by atoms with van der Waals surface area (Å²) in [5.74, 6) is -0.341. The Morgan fingerprint density at radius 3 is 2.33 bits per heavy atom. The summed E-state index contributed by atoms with van der Waals surface area (Å²) < 4.78 is 33.1. The maximum Gasteiger partial charge on any atom is 0.236 e. The fourth-order valence-electron chi connectivity index (χ4n) is 1.99. The molecule has 0 bridgehead atoms. The molecule has 4 nitrogen and oxygen atoms in total. The third-order valence-corrected chi connectivity index (χ3v) is 4.02. The molecule has 0 fully saturated rings. The molecule has 1 aromatic carbocycles. The maximum absolute atomic E-state index is 11.3. The summed E-state index contributed by atoms with van der Waals surface area (Å²) in [7, 11) is 1.61. The van der Waals surface area contributed by atoms with Gasteiger partial charge in [0.15, 0.2) is 5.58 Å². The second-order valence-corrected chi connectivity index (χ2v) is 6.96. The van der Waals surface area contributed by atoms with Crippen molar-refractivity contribution in [2.24, 2.45) is 0 Å². The summed E-state index contributed by atoms with van der Waals surface area (Å²) in [4.78, 5) is 0. The largest absolute Gasteiger partial charge is 0.464 e. The second kappa shape index (κ2) is 3.91. The van der Waals surface area contributed by atoms with Gasteiger partial charge in [0, 0.05) is 27.0 Å². The molecule has 0 saturated carbocycles. The van der Waals surface area contributed by atoms with Crippen molar-refractivity contribution in [2.75, 3.05) is 0 Å². The molecule has 3 rings (SSSR count). The topological polar surface area (TPSA) is 60.4 Å². The van der Waals surface area contributed by atoms with Gasteiger partial charge in [-0.05, 0) is 12.1 Å². The molecule has 3 aromatic rings. The molecule has 0 radical (unpaired) electrons. The van der Waals surface area contributed by atoms with Gasteiger partial charge in [0.2, 0.25) is 9.05 Å². The third-order valence-electron chi connectivity index (χ3n) is 2.68. The van der Waals surface area contributed by atoms with E-state index in [0.717, 1.165) is 0 Å². The summed E-state index contributed by atoms with van der Waals surface area (Å²) in [5, 5.41) is 1.59. The van der Waals surface area contributed by atoms with E-state index in [1.807, 2.05) is 0 Å². The van der Waals surface area contributed by atoms with Gasteiger partial charge < -0.3 is 8.83 Å². The summed E-state index contributed by atoms with van der Waals surface area (Å²) in [5.41, 5.74) is 1.30. The molecule has 2 heterocycles. The van der Waals surface area contributed by atoms with Crippen molar-refractivity contribution in [2.45, 2.75) is 5.75 Å². The van der Waals surface area contributed by atoms with Crippen LogP contribution in [-0.4, -0.2) is 8.42 Å². The van der Waals surface area contributed by atoms with Crippen molar-refractivity contribution >= 4 is 53.3 Å². The van der Waals surface area contributed by atoms with E-state index < -0.39 is 9.05 Å². The van der Waals surface area contributed by atoms with Crippen molar-refractivity contribution in [1.29, 1.82) is 0 Å². The zero-order valence-electron chi connectivity index (χ0n) is 8.81. The van der Waals surface area contributed by atoms with E-state index in [2.05, 4.69) is 0 Å². The normalized spacial score (nSPS) is 12.6. The van der Waals surface area contributed by atoms with Crippen LogP contribution in [0.25, 0.3) is 21.9 Å². The van der Waals surface area contributed by atoms with E-state index in [1.54, 1.807) is 12.1 Å². The lowest BCUT2D eigenvalue weighted by Gasteiger charge is -2.03. The van der Waals surface area contributed by atoms with Gasteiger partial charge in [-0.2, -0.15) is 0 Å². The first kappa shape index (κ1) is 11.9. The molecule has 0 aliphatic rings. The van der Waals surface area contributed by atoms with E-state index in [4.69, 9.17) is 31.1 Å². The van der Waals surface area contributed by atoms with E-state index in [-0.39, 0.29) is 5.75 Å². The van der Waals surface area contributed by atoms with E-state index in [0.29, 0.717) is 32.5 Å². The Labute approximate surface area is 111 Å². The standard InChI is InChI=1S/C11H6Cl2O4S/c12-9-7-2-4-16-10(7)8(5-18(13,14)15)6-1-3-17-11(6)9/h1-4H,5H2. The van der Waals surface area contributed by atoms with Gasteiger partial charge in [-0.1, -0.05) is 11.6 Å². The highest BCUT2D eigenvalue weighted by molar-refractivity contribution is 8.13. The van der Waals surface area contributed by atoms with Crippen LogP contribution in [0.15, 0.2) is 33.5 Å². The number of halogens is 2. The molecule has 7 heteroatoms. The minimum absolute atomic E-state index is 0.341. The van der Waals surface area contributed by atoms with Gasteiger partial charge >= 0.3 is 0 Å². The fraction of sp³-hybridized carbons (Fsp3) is 0.0909. The van der Waals surface area contributed by atoms with Gasteiger partial charge in [0.1, 0.15) is 5.58 Å². The average molecular weight is 305 g/mol. The highest BCUT2D eigenvalue weighted by Gasteiger charge is 2.21. The number of hydrogen-bond acceptors (Lipinski definition) is 4. The van der Waals surface area contributed by atoms with E-state index in [1.165, 1.54) is 12.5 Å². The lowest BCUT2D eigenvalue weighted by Crippen LogP contribution is -1.96. The summed E-state index contributed by atoms with van der Waals surface area (Å²) >= 11 is 6.16. The summed E-state index contributed by atoms with van der Waals surface area (Å²) in [6, 6.07) is 3.30. The first-order chi connectivity index (χ1) is 8.47. The van der Waals surface area contributed by atoms with Crippen molar-refractivity contribution in [3.63, 3.8) is 0 Å². The molecule has 0 N–H and O–H groups in total. The van der Waals surface area contributed by atoms with Crippen molar-refractivity contribution in [3.05, 3.63) is 35.2 Å². The second-order valence-electron chi connectivity index (χ2n) is 3.80. The molecular weight excluding hydrogens is 299 g/mol.